The normalized spacial score (nSPS) is 10.3. The van der Waals surface area contributed by atoms with Gasteiger partial charge < -0.3 is 5.32 Å². The van der Waals surface area contributed by atoms with Crippen molar-refractivity contribution in [1.29, 1.82) is 0 Å². The van der Waals surface area contributed by atoms with E-state index in [9.17, 15) is 4.79 Å². The van der Waals surface area contributed by atoms with Crippen molar-refractivity contribution in [2.45, 2.75) is 18.8 Å². The Morgan fingerprint density at radius 3 is 2.50 bits per heavy atom. The molecule has 0 fully saturated rings. The number of thiophene rings is 1. The Morgan fingerprint density at radius 1 is 1.22 bits per heavy atom. The quantitative estimate of drug-likeness (QED) is 0.850. The fourth-order valence-electron chi connectivity index (χ4n) is 1.59. The van der Waals surface area contributed by atoms with E-state index in [2.05, 4.69) is 34.2 Å². The first-order valence-electron chi connectivity index (χ1n) is 5.67. The summed E-state index contributed by atoms with van der Waals surface area (Å²) in [7, 11) is 0. The van der Waals surface area contributed by atoms with Gasteiger partial charge in [0.1, 0.15) is 0 Å². The number of carbonyl (C=O) groups excluding carboxylic acids is 1. The Kier molecular flexibility index (Phi) is 4.55. The third kappa shape index (κ3) is 3.43. The number of amides is 1. The number of nitrogens with one attached hydrogen (secondary N) is 1. The number of benzene rings is 1. The van der Waals surface area contributed by atoms with Gasteiger partial charge in [0, 0.05) is 20.6 Å². The van der Waals surface area contributed by atoms with Gasteiger partial charge in [-0.2, -0.15) is 0 Å². The van der Waals surface area contributed by atoms with E-state index in [1.54, 1.807) is 11.3 Å². The monoisotopic (exact) mass is 323 g/mol. The second kappa shape index (κ2) is 6.16. The molecule has 0 aliphatic heterocycles. The molecular formula is C14H14BrNOS. The van der Waals surface area contributed by atoms with E-state index < -0.39 is 0 Å². The van der Waals surface area contributed by atoms with Crippen LogP contribution < -0.4 is 5.32 Å². The number of aryl methyl sites for hydroxylation is 1. The Balaban J connectivity index is 1.94. The lowest BCUT2D eigenvalue weighted by Crippen LogP contribution is -2.22. The minimum atomic E-state index is -0.0258. The maximum atomic E-state index is 11.9. The topological polar surface area (TPSA) is 29.1 Å². The summed E-state index contributed by atoms with van der Waals surface area (Å²) in [6.07, 6.45) is 0. The largest absolute Gasteiger partial charge is 0.347 e. The van der Waals surface area contributed by atoms with Gasteiger partial charge in [-0.05, 0) is 36.8 Å². The zero-order valence-electron chi connectivity index (χ0n) is 10.1. The van der Waals surface area contributed by atoms with Gasteiger partial charge >= 0.3 is 0 Å². The molecule has 2 nitrogen and oxygen atoms in total. The van der Waals surface area contributed by atoms with Gasteiger partial charge in [0.05, 0.1) is 6.54 Å². The summed E-state index contributed by atoms with van der Waals surface area (Å²) in [5.74, 6) is -0.0258. The van der Waals surface area contributed by atoms with E-state index in [4.69, 9.17) is 0 Å². The lowest BCUT2D eigenvalue weighted by molar-refractivity contribution is 0.0951. The van der Waals surface area contributed by atoms with Crippen LogP contribution >= 0.6 is 27.3 Å². The molecule has 1 aromatic carbocycles. The van der Waals surface area contributed by atoms with E-state index in [1.807, 2.05) is 30.3 Å². The molecule has 18 heavy (non-hydrogen) atoms. The zero-order valence-corrected chi connectivity index (χ0v) is 12.5. The molecule has 4 heteroatoms. The average molecular weight is 324 g/mol. The van der Waals surface area contributed by atoms with Gasteiger partial charge in [0.2, 0.25) is 0 Å². The van der Waals surface area contributed by atoms with Crippen molar-refractivity contribution in [3.63, 3.8) is 0 Å². The summed E-state index contributed by atoms with van der Waals surface area (Å²) in [6.45, 7) is 2.66. The lowest BCUT2D eigenvalue weighted by Gasteiger charge is -2.04. The third-order valence-electron chi connectivity index (χ3n) is 2.59. The van der Waals surface area contributed by atoms with Crippen molar-refractivity contribution >= 4 is 33.2 Å². The highest BCUT2D eigenvalue weighted by atomic mass is 79.9. The number of hydrogen-bond donors (Lipinski definition) is 1. The minimum absolute atomic E-state index is 0.0258. The first-order valence-corrected chi connectivity index (χ1v) is 7.61. The molecule has 94 valence electrons. The van der Waals surface area contributed by atoms with Crippen LogP contribution in [0.4, 0.5) is 0 Å². The molecule has 0 saturated carbocycles. The zero-order chi connectivity index (χ0) is 13.0. The molecule has 0 aliphatic carbocycles. The Bertz CT molecular complexity index is 533. The highest BCUT2D eigenvalue weighted by Gasteiger charge is 2.05. The van der Waals surface area contributed by atoms with Crippen LogP contribution in [-0.2, 0) is 11.9 Å². The molecule has 2 aromatic rings. The summed E-state index contributed by atoms with van der Waals surface area (Å²) in [4.78, 5) is 14.3. The van der Waals surface area contributed by atoms with Gasteiger partial charge in [-0.3, -0.25) is 4.79 Å². The summed E-state index contributed by atoms with van der Waals surface area (Å²) in [5, 5.41) is 3.73. The first-order chi connectivity index (χ1) is 8.69. The molecule has 0 bridgehead atoms. The van der Waals surface area contributed by atoms with Crippen molar-refractivity contribution in [3.8, 4) is 0 Å². The van der Waals surface area contributed by atoms with Gasteiger partial charge in [0.15, 0.2) is 0 Å². The maximum absolute atomic E-state index is 11.9. The van der Waals surface area contributed by atoms with Crippen LogP contribution in [0.25, 0.3) is 0 Å². The first kappa shape index (κ1) is 13.3. The highest BCUT2D eigenvalue weighted by molar-refractivity contribution is 9.08. The smallest absolute Gasteiger partial charge is 0.251 e. The number of halogens is 1. The molecule has 2 rings (SSSR count). The molecule has 0 unspecified atom stereocenters. The van der Waals surface area contributed by atoms with Crippen LogP contribution in [0.1, 0.15) is 25.7 Å². The van der Waals surface area contributed by atoms with Gasteiger partial charge in [-0.1, -0.05) is 28.1 Å². The van der Waals surface area contributed by atoms with Crippen LogP contribution in [0, 0.1) is 6.92 Å². The van der Waals surface area contributed by atoms with Crippen molar-refractivity contribution in [1.82, 2.24) is 5.32 Å². The highest BCUT2D eigenvalue weighted by Crippen LogP contribution is 2.15. The van der Waals surface area contributed by atoms with Crippen LogP contribution in [0.3, 0.4) is 0 Å². The van der Waals surface area contributed by atoms with Crippen LogP contribution in [0.2, 0.25) is 0 Å². The molecule has 0 radical (unpaired) electrons. The SMILES string of the molecule is Cc1ccc(CNC(=O)c2ccc(CBr)cc2)s1. The molecule has 1 N–H and O–H groups in total. The van der Waals surface area contributed by atoms with E-state index in [0.717, 1.165) is 5.33 Å². The van der Waals surface area contributed by atoms with Gasteiger partial charge in [0.25, 0.3) is 5.91 Å². The van der Waals surface area contributed by atoms with Crippen molar-refractivity contribution in [2.24, 2.45) is 0 Å². The second-order valence-corrected chi connectivity index (χ2v) is 5.96. The van der Waals surface area contributed by atoms with E-state index in [1.165, 1.54) is 15.3 Å². The molecule has 0 atom stereocenters. The van der Waals surface area contributed by atoms with Crippen LogP contribution in [-0.4, -0.2) is 5.91 Å². The van der Waals surface area contributed by atoms with Crippen LogP contribution in [0.5, 0.6) is 0 Å². The van der Waals surface area contributed by atoms with Crippen molar-refractivity contribution in [2.75, 3.05) is 0 Å². The average Bonchev–Trinajstić information content (AvgIpc) is 2.82. The van der Waals surface area contributed by atoms with Crippen LogP contribution in [0.15, 0.2) is 36.4 Å². The summed E-state index contributed by atoms with van der Waals surface area (Å²) in [6, 6.07) is 11.7. The van der Waals surface area contributed by atoms with Crippen molar-refractivity contribution < 1.29 is 4.79 Å². The predicted molar refractivity (Wildman–Crippen MR) is 79.3 cm³/mol. The van der Waals surface area contributed by atoms with Crippen molar-refractivity contribution in [3.05, 3.63) is 57.3 Å². The minimum Gasteiger partial charge on any atom is -0.347 e. The summed E-state index contributed by atoms with van der Waals surface area (Å²) in [5.41, 5.74) is 1.87. The van der Waals surface area contributed by atoms with E-state index in [-0.39, 0.29) is 5.91 Å². The molecule has 0 saturated heterocycles. The Labute approximate surface area is 119 Å². The fraction of sp³-hybridized carbons (Fsp3) is 0.214. The molecule has 1 aromatic heterocycles. The molecule has 1 heterocycles. The lowest BCUT2D eigenvalue weighted by atomic mass is 10.1. The van der Waals surface area contributed by atoms with Gasteiger partial charge in [-0.25, -0.2) is 0 Å². The third-order valence-corrected chi connectivity index (χ3v) is 4.24. The van der Waals surface area contributed by atoms with E-state index >= 15 is 0 Å². The maximum Gasteiger partial charge on any atom is 0.251 e. The molecule has 0 spiro atoms. The molecule has 1 amide bonds. The predicted octanol–water partition coefficient (Wildman–Crippen LogP) is 3.88. The number of carbonyl (C=O) groups is 1. The van der Waals surface area contributed by atoms with E-state index in [0.29, 0.717) is 12.1 Å². The fourth-order valence-corrected chi connectivity index (χ4v) is 2.80. The Hall–Kier alpha value is -1.13. The summed E-state index contributed by atoms with van der Waals surface area (Å²) < 4.78 is 0. The molecule has 0 aliphatic rings. The standard InChI is InChI=1S/C14H14BrNOS/c1-10-2-7-13(18-10)9-16-14(17)12-5-3-11(8-15)4-6-12/h2-7H,8-9H2,1H3,(H,16,17). The van der Waals surface area contributed by atoms with Gasteiger partial charge in [-0.15, -0.1) is 11.3 Å². The second-order valence-electron chi connectivity index (χ2n) is 4.03. The molecular weight excluding hydrogens is 310 g/mol. The number of alkyl halides is 1. The number of rotatable bonds is 4. The number of hydrogen-bond acceptors (Lipinski definition) is 2. The Morgan fingerprint density at radius 2 is 1.94 bits per heavy atom. The summed E-state index contributed by atoms with van der Waals surface area (Å²) >= 11 is 5.09.